The first kappa shape index (κ1) is 9.65. The summed E-state index contributed by atoms with van der Waals surface area (Å²) in [4.78, 5) is 0. The molecule has 14 heavy (non-hydrogen) atoms. The second kappa shape index (κ2) is 4.09. The largest absolute Gasteiger partial charge is 0.316 e. The van der Waals surface area contributed by atoms with E-state index in [2.05, 4.69) is 10.4 Å². The first-order chi connectivity index (χ1) is 6.77. The van der Waals surface area contributed by atoms with Crippen LogP contribution in [0.25, 0.3) is 0 Å². The first-order valence-electron chi connectivity index (χ1n) is 5.14. The summed E-state index contributed by atoms with van der Waals surface area (Å²) in [5.41, 5.74) is 0.692. The number of alkyl halides is 1. The van der Waals surface area contributed by atoms with Crippen LogP contribution >= 0.6 is 0 Å². The quantitative estimate of drug-likeness (QED) is 0.796. The monoisotopic (exact) mass is 197 g/mol. The zero-order valence-electron chi connectivity index (χ0n) is 8.41. The van der Waals surface area contributed by atoms with E-state index in [0.29, 0.717) is 11.6 Å². The topological polar surface area (TPSA) is 29.9 Å². The van der Waals surface area contributed by atoms with Crippen molar-refractivity contribution in [1.29, 1.82) is 0 Å². The minimum atomic E-state index is -0.924. The molecule has 0 amide bonds. The Balaban J connectivity index is 2.04. The molecule has 78 valence electrons. The van der Waals surface area contributed by atoms with Crippen molar-refractivity contribution >= 4 is 0 Å². The lowest BCUT2D eigenvalue weighted by Crippen LogP contribution is -2.17. The fraction of sp³-hybridized carbons (Fsp3) is 0.700. The maximum Gasteiger partial charge on any atom is 0.139 e. The Bertz CT molecular complexity index is 289. The average Bonchev–Trinajstić information content (AvgIpc) is 2.75. The molecule has 0 bridgehead atoms. The van der Waals surface area contributed by atoms with Gasteiger partial charge in [0.2, 0.25) is 0 Å². The molecule has 1 N–H and O–H groups in total. The van der Waals surface area contributed by atoms with Crippen molar-refractivity contribution in [2.24, 2.45) is 5.92 Å². The van der Waals surface area contributed by atoms with Gasteiger partial charge in [0, 0.05) is 12.7 Å². The zero-order chi connectivity index (χ0) is 9.97. The van der Waals surface area contributed by atoms with Crippen molar-refractivity contribution in [2.45, 2.75) is 26.1 Å². The number of aromatic nitrogens is 2. The molecule has 0 spiro atoms. The lowest BCUT2D eigenvalue weighted by Gasteiger charge is -2.12. The Labute approximate surface area is 83.3 Å². The van der Waals surface area contributed by atoms with Crippen molar-refractivity contribution in [2.75, 3.05) is 13.1 Å². The Morgan fingerprint density at radius 2 is 2.64 bits per heavy atom. The van der Waals surface area contributed by atoms with Gasteiger partial charge in [0.15, 0.2) is 0 Å². The minimum Gasteiger partial charge on any atom is -0.316 e. The summed E-state index contributed by atoms with van der Waals surface area (Å²) in [7, 11) is 0. The molecular weight excluding hydrogens is 181 g/mol. The maximum absolute atomic E-state index is 13.1. The predicted molar refractivity (Wildman–Crippen MR) is 52.7 cm³/mol. The summed E-state index contributed by atoms with van der Waals surface area (Å²) in [5, 5.41) is 7.45. The Hall–Kier alpha value is -0.900. The van der Waals surface area contributed by atoms with Gasteiger partial charge in [-0.05, 0) is 38.4 Å². The molecule has 0 aromatic carbocycles. The Morgan fingerprint density at radius 1 is 1.79 bits per heavy atom. The van der Waals surface area contributed by atoms with E-state index < -0.39 is 6.17 Å². The van der Waals surface area contributed by atoms with Gasteiger partial charge < -0.3 is 5.32 Å². The van der Waals surface area contributed by atoms with Gasteiger partial charge in [-0.15, -0.1) is 0 Å². The number of nitrogens with zero attached hydrogens (tertiary/aromatic N) is 2. The summed E-state index contributed by atoms with van der Waals surface area (Å²) < 4.78 is 14.9. The van der Waals surface area contributed by atoms with Gasteiger partial charge in [0.05, 0.1) is 5.69 Å². The van der Waals surface area contributed by atoms with E-state index in [-0.39, 0.29) is 0 Å². The molecule has 4 heteroatoms. The lowest BCUT2D eigenvalue weighted by molar-refractivity contribution is 0.333. The van der Waals surface area contributed by atoms with Crippen LogP contribution in [0, 0.1) is 5.92 Å². The summed E-state index contributed by atoms with van der Waals surface area (Å²) in [6.07, 6.45) is 1.92. The van der Waals surface area contributed by atoms with E-state index in [0.717, 1.165) is 19.6 Å². The van der Waals surface area contributed by atoms with Crippen LogP contribution < -0.4 is 5.32 Å². The Kier molecular flexibility index (Phi) is 2.82. The lowest BCUT2D eigenvalue weighted by atomic mass is 10.1. The molecule has 1 aliphatic heterocycles. The summed E-state index contributed by atoms with van der Waals surface area (Å²) in [6, 6.07) is 1.76. The molecule has 0 radical (unpaired) electrons. The number of rotatable bonds is 3. The maximum atomic E-state index is 13.1. The van der Waals surface area contributed by atoms with Crippen LogP contribution in [0.1, 0.15) is 25.2 Å². The van der Waals surface area contributed by atoms with Gasteiger partial charge >= 0.3 is 0 Å². The number of hydrogen-bond acceptors (Lipinski definition) is 2. The van der Waals surface area contributed by atoms with E-state index in [1.165, 1.54) is 6.42 Å². The van der Waals surface area contributed by atoms with Crippen LogP contribution in [0.3, 0.4) is 0 Å². The average molecular weight is 197 g/mol. The number of nitrogens with one attached hydrogen (secondary N) is 1. The van der Waals surface area contributed by atoms with Crippen LogP contribution in [0.15, 0.2) is 12.3 Å². The fourth-order valence-electron chi connectivity index (χ4n) is 1.95. The molecule has 2 unspecified atom stereocenters. The molecule has 1 aromatic heterocycles. The van der Waals surface area contributed by atoms with Crippen LogP contribution in [0.5, 0.6) is 0 Å². The van der Waals surface area contributed by atoms with Crippen molar-refractivity contribution < 1.29 is 4.39 Å². The van der Waals surface area contributed by atoms with Crippen molar-refractivity contribution in [3.63, 3.8) is 0 Å². The van der Waals surface area contributed by atoms with Crippen LogP contribution in [0.2, 0.25) is 0 Å². The molecule has 0 saturated carbocycles. The van der Waals surface area contributed by atoms with E-state index >= 15 is 0 Å². The summed E-state index contributed by atoms with van der Waals surface area (Å²) in [6.45, 7) is 4.50. The molecule has 1 saturated heterocycles. The highest BCUT2D eigenvalue weighted by molar-refractivity contribution is 5.03. The third-order valence-corrected chi connectivity index (χ3v) is 2.75. The van der Waals surface area contributed by atoms with Crippen LogP contribution in [0.4, 0.5) is 4.39 Å². The van der Waals surface area contributed by atoms with Crippen LogP contribution in [-0.4, -0.2) is 22.9 Å². The first-order valence-corrected chi connectivity index (χ1v) is 5.14. The molecule has 1 aliphatic rings. The van der Waals surface area contributed by atoms with Gasteiger partial charge in [-0.25, -0.2) is 4.39 Å². The minimum absolute atomic E-state index is 0.604. The highest BCUT2D eigenvalue weighted by Gasteiger charge is 2.18. The van der Waals surface area contributed by atoms with E-state index in [1.54, 1.807) is 23.9 Å². The van der Waals surface area contributed by atoms with E-state index in [1.807, 2.05) is 0 Å². The van der Waals surface area contributed by atoms with Gasteiger partial charge in [-0.1, -0.05) is 0 Å². The van der Waals surface area contributed by atoms with E-state index in [9.17, 15) is 4.39 Å². The molecule has 3 nitrogen and oxygen atoms in total. The standard InChI is InChI=1S/C10H16FN3/c1-8(11)10-3-5-13-14(10)7-9-2-4-12-6-9/h3,5,8-9,12H,2,4,6-7H2,1H3. The molecule has 2 atom stereocenters. The van der Waals surface area contributed by atoms with E-state index in [4.69, 9.17) is 0 Å². The third-order valence-electron chi connectivity index (χ3n) is 2.75. The smallest absolute Gasteiger partial charge is 0.139 e. The van der Waals surface area contributed by atoms with Gasteiger partial charge in [0.1, 0.15) is 6.17 Å². The second-order valence-electron chi connectivity index (χ2n) is 3.91. The molecule has 2 heterocycles. The van der Waals surface area contributed by atoms with Crippen molar-refractivity contribution in [1.82, 2.24) is 15.1 Å². The third kappa shape index (κ3) is 1.95. The highest BCUT2D eigenvalue weighted by atomic mass is 19.1. The SMILES string of the molecule is CC(F)c1ccnn1CC1CCNC1. The zero-order valence-corrected chi connectivity index (χ0v) is 8.41. The highest BCUT2D eigenvalue weighted by Crippen LogP contribution is 2.18. The molecule has 0 aliphatic carbocycles. The normalized spacial score (nSPS) is 24.0. The molecule has 2 rings (SSSR count). The fourth-order valence-corrected chi connectivity index (χ4v) is 1.95. The molecule has 1 fully saturated rings. The predicted octanol–water partition coefficient (Wildman–Crippen LogP) is 1.52. The molecular formula is C10H16FN3. The summed E-state index contributed by atoms with van der Waals surface area (Å²) >= 11 is 0. The Morgan fingerprint density at radius 3 is 3.29 bits per heavy atom. The van der Waals surface area contributed by atoms with Gasteiger partial charge in [0.25, 0.3) is 0 Å². The van der Waals surface area contributed by atoms with Crippen molar-refractivity contribution in [3.05, 3.63) is 18.0 Å². The summed E-state index contributed by atoms with van der Waals surface area (Å²) in [5.74, 6) is 0.604. The number of hydrogen-bond donors (Lipinski definition) is 1. The molecule has 1 aromatic rings. The van der Waals surface area contributed by atoms with Gasteiger partial charge in [-0.3, -0.25) is 4.68 Å². The van der Waals surface area contributed by atoms with Gasteiger partial charge in [-0.2, -0.15) is 5.10 Å². The van der Waals surface area contributed by atoms with Crippen LogP contribution in [-0.2, 0) is 6.54 Å². The number of halogens is 1. The van der Waals surface area contributed by atoms with Crippen molar-refractivity contribution in [3.8, 4) is 0 Å². The second-order valence-corrected chi connectivity index (χ2v) is 3.91.